The smallest absolute Gasteiger partial charge is 0.341 e. The summed E-state index contributed by atoms with van der Waals surface area (Å²) in [5.74, 6) is -0.709. The van der Waals surface area contributed by atoms with Crippen LogP contribution >= 0.6 is 22.6 Å². The van der Waals surface area contributed by atoms with E-state index in [0.29, 0.717) is 23.5 Å². The molecule has 0 saturated carbocycles. The van der Waals surface area contributed by atoms with E-state index >= 15 is 0 Å². The van der Waals surface area contributed by atoms with Crippen LogP contribution in [0.1, 0.15) is 11.8 Å². The van der Waals surface area contributed by atoms with Crippen LogP contribution in [-0.4, -0.2) is 60.1 Å². The molecule has 4 heterocycles. The molecule has 3 aromatic rings. The van der Waals surface area contributed by atoms with Crippen LogP contribution in [-0.2, 0) is 20.8 Å². The van der Waals surface area contributed by atoms with Gasteiger partial charge in [-0.1, -0.05) is 12.1 Å². The highest BCUT2D eigenvalue weighted by molar-refractivity contribution is 14.1. The van der Waals surface area contributed by atoms with Crippen LogP contribution in [0, 0.1) is 3.57 Å². The second-order valence-electron chi connectivity index (χ2n) is 6.95. The molecule has 1 unspecified atom stereocenters. The number of carboxylic acid groups (broad SMARTS) is 1. The van der Waals surface area contributed by atoms with E-state index in [9.17, 15) is 15.0 Å². The first-order chi connectivity index (χ1) is 14.0. The third kappa shape index (κ3) is 2.87. The molecule has 5 rings (SSSR count). The maximum Gasteiger partial charge on any atom is 0.341 e. The van der Waals surface area contributed by atoms with Crippen molar-refractivity contribution in [3.05, 3.63) is 46.1 Å². The van der Waals surface area contributed by atoms with Gasteiger partial charge in [-0.3, -0.25) is 4.57 Å². The number of aliphatic hydroxyl groups excluding tert-OH is 1. The van der Waals surface area contributed by atoms with E-state index in [2.05, 4.69) is 48.9 Å². The molecule has 2 aliphatic heterocycles. The molecular formula is C18H16IN5O5. The third-order valence-corrected chi connectivity index (χ3v) is 5.91. The van der Waals surface area contributed by atoms with Gasteiger partial charge < -0.3 is 25.0 Å². The Labute approximate surface area is 178 Å². The highest BCUT2D eigenvalue weighted by Crippen LogP contribution is 2.45. The molecule has 2 fully saturated rings. The molecular weight excluding hydrogens is 493 g/mol. The molecule has 0 spiro atoms. The Balaban J connectivity index is 1.44. The summed E-state index contributed by atoms with van der Waals surface area (Å²) in [5, 5.41) is 23.1. The zero-order valence-corrected chi connectivity index (χ0v) is 17.1. The van der Waals surface area contributed by atoms with Gasteiger partial charge in [-0.05, 0) is 40.3 Å². The topological polar surface area (TPSA) is 132 Å². The Kier molecular flexibility index (Phi) is 4.42. The molecule has 150 valence electrons. The number of imidazole rings is 1. The Morgan fingerprint density at radius 3 is 3.00 bits per heavy atom. The first-order valence-electron chi connectivity index (χ1n) is 8.86. The molecule has 0 aliphatic carbocycles. The second kappa shape index (κ2) is 6.86. The van der Waals surface area contributed by atoms with Crippen molar-refractivity contribution in [2.24, 2.45) is 0 Å². The summed E-state index contributed by atoms with van der Waals surface area (Å²) < 4.78 is 13.9. The summed E-state index contributed by atoms with van der Waals surface area (Å²) in [7, 11) is 0. The molecule has 2 aromatic heterocycles. The van der Waals surface area contributed by atoms with Crippen molar-refractivity contribution in [1.29, 1.82) is 0 Å². The van der Waals surface area contributed by atoms with Gasteiger partial charge in [0.25, 0.3) is 0 Å². The Bertz CT molecular complexity index is 1110. The van der Waals surface area contributed by atoms with E-state index < -0.39 is 30.0 Å². The summed E-state index contributed by atoms with van der Waals surface area (Å²) in [6.07, 6.45) is -0.0517. The lowest BCUT2D eigenvalue weighted by molar-refractivity contribution is -0.198. The zero-order chi connectivity index (χ0) is 20.2. The molecule has 2 bridgehead atoms. The number of hydrogen-bond acceptors (Lipinski definition) is 8. The van der Waals surface area contributed by atoms with Gasteiger partial charge >= 0.3 is 5.97 Å². The maximum absolute atomic E-state index is 11.6. The fourth-order valence-corrected chi connectivity index (χ4v) is 4.35. The van der Waals surface area contributed by atoms with Crippen LogP contribution in [0.25, 0.3) is 11.2 Å². The van der Waals surface area contributed by atoms with E-state index in [4.69, 9.17) is 9.47 Å². The van der Waals surface area contributed by atoms with Crippen LogP contribution in [0.3, 0.4) is 0 Å². The zero-order valence-electron chi connectivity index (χ0n) is 14.9. The van der Waals surface area contributed by atoms with Crippen molar-refractivity contribution < 1.29 is 24.5 Å². The number of aromatic nitrogens is 4. The van der Waals surface area contributed by atoms with Gasteiger partial charge in [-0.25, -0.2) is 19.7 Å². The van der Waals surface area contributed by atoms with Crippen molar-refractivity contribution in [2.45, 2.75) is 30.6 Å². The number of carbonyl (C=O) groups is 1. The number of ether oxygens (including phenoxy) is 2. The second-order valence-corrected chi connectivity index (χ2v) is 8.20. The average molecular weight is 509 g/mol. The number of hydrogen-bond donors (Lipinski definition) is 3. The predicted octanol–water partition coefficient (Wildman–Crippen LogP) is 1.15. The summed E-state index contributed by atoms with van der Waals surface area (Å²) in [6.45, 7) is 0.358. The third-order valence-electron chi connectivity index (χ3n) is 5.24. The molecule has 0 amide bonds. The van der Waals surface area contributed by atoms with E-state index in [1.165, 1.54) is 12.7 Å². The maximum atomic E-state index is 11.6. The van der Waals surface area contributed by atoms with E-state index in [1.54, 1.807) is 4.57 Å². The molecule has 0 radical (unpaired) electrons. The van der Waals surface area contributed by atoms with Gasteiger partial charge in [0.05, 0.1) is 12.9 Å². The normalized spacial score (nSPS) is 28.1. The number of nitrogens with one attached hydrogen (secondary N) is 1. The summed E-state index contributed by atoms with van der Waals surface area (Å²) in [4.78, 5) is 24.6. The lowest BCUT2D eigenvalue weighted by Crippen LogP contribution is -2.48. The van der Waals surface area contributed by atoms with E-state index in [1.807, 2.05) is 18.2 Å². The Hall–Kier alpha value is -2.35. The van der Waals surface area contributed by atoms with Crippen LogP contribution in [0.15, 0.2) is 36.9 Å². The average Bonchev–Trinajstić information content (AvgIpc) is 3.37. The number of aliphatic carboxylic acids is 1. The van der Waals surface area contributed by atoms with Gasteiger partial charge in [-0.2, -0.15) is 0 Å². The molecule has 1 aromatic carbocycles. The molecule has 10 nitrogen and oxygen atoms in total. The van der Waals surface area contributed by atoms with Gasteiger partial charge in [0.1, 0.15) is 18.5 Å². The van der Waals surface area contributed by atoms with Crippen molar-refractivity contribution >= 4 is 45.5 Å². The highest BCUT2D eigenvalue weighted by Gasteiger charge is 2.66. The molecule has 29 heavy (non-hydrogen) atoms. The highest BCUT2D eigenvalue weighted by atomic mass is 127. The number of rotatable bonds is 5. The number of fused-ring (bicyclic) bond motifs is 3. The number of nitrogens with zero attached hydrogens (tertiary/aromatic N) is 4. The van der Waals surface area contributed by atoms with Crippen molar-refractivity contribution in [2.75, 3.05) is 11.9 Å². The predicted molar refractivity (Wildman–Crippen MR) is 108 cm³/mol. The van der Waals surface area contributed by atoms with Crippen molar-refractivity contribution in [3.63, 3.8) is 0 Å². The van der Waals surface area contributed by atoms with E-state index in [-0.39, 0.29) is 6.61 Å². The minimum Gasteiger partial charge on any atom is -0.479 e. The number of halogens is 1. The molecule has 2 aliphatic rings. The Morgan fingerprint density at radius 2 is 2.24 bits per heavy atom. The molecule has 11 heteroatoms. The fraction of sp³-hybridized carbons (Fsp3) is 0.333. The summed E-state index contributed by atoms with van der Waals surface area (Å²) in [5.41, 5.74) is 0.298. The molecule has 2 saturated heterocycles. The number of carboxylic acids is 1. The van der Waals surface area contributed by atoms with Crippen LogP contribution in [0.4, 0.5) is 5.82 Å². The quantitative estimate of drug-likeness (QED) is 0.434. The van der Waals surface area contributed by atoms with Gasteiger partial charge in [0, 0.05) is 10.1 Å². The minimum absolute atomic E-state index is 0.199. The van der Waals surface area contributed by atoms with Gasteiger partial charge in [0.2, 0.25) is 5.60 Å². The SMILES string of the molecule is O=C(O)[C@@]12CO[C@@H](C1O)[C@H](n1cnc3c(NCc4cccc(I)c4)ncnc31)O2. The lowest BCUT2D eigenvalue weighted by atomic mass is 10.00. The lowest BCUT2D eigenvalue weighted by Gasteiger charge is -2.27. The first-order valence-corrected chi connectivity index (χ1v) is 9.94. The van der Waals surface area contributed by atoms with Crippen LogP contribution in [0.2, 0.25) is 0 Å². The Morgan fingerprint density at radius 1 is 1.38 bits per heavy atom. The first kappa shape index (κ1) is 18.7. The summed E-state index contributed by atoms with van der Waals surface area (Å²) >= 11 is 2.26. The molecule has 4 atom stereocenters. The van der Waals surface area contributed by atoms with Crippen molar-refractivity contribution in [1.82, 2.24) is 19.5 Å². The van der Waals surface area contributed by atoms with Crippen molar-refractivity contribution in [3.8, 4) is 0 Å². The minimum atomic E-state index is -1.77. The van der Waals surface area contributed by atoms with Gasteiger partial charge in [-0.15, -0.1) is 0 Å². The number of anilines is 1. The standard InChI is InChI=1S/C18H16IN5O5/c19-10-3-1-2-9(4-10)5-20-14-11-15(22-7-21-14)24(8-23-11)16-12-13(25)18(29-16,6-28-12)17(26)27/h1-4,7-8,12-13,16,25H,5-6H2,(H,26,27)(H,20,21,22)/t12-,13?,16+,18+/m0/s1. The van der Waals surface area contributed by atoms with Gasteiger partial charge in [0.15, 0.2) is 23.2 Å². The van der Waals surface area contributed by atoms with Crippen LogP contribution < -0.4 is 5.32 Å². The molecule has 3 N–H and O–H groups in total. The largest absolute Gasteiger partial charge is 0.479 e. The van der Waals surface area contributed by atoms with E-state index in [0.717, 1.165) is 9.13 Å². The number of benzene rings is 1. The summed E-state index contributed by atoms with van der Waals surface area (Å²) in [6, 6.07) is 8.08. The monoisotopic (exact) mass is 509 g/mol. The fourth-order valence-electron chi connectivity index (χ4n) is 3.74. The van der Waals surface area contributed by atoms with Crippen LogP contribution in [0.5, 0.6) is 0 Å². The number of aliphatic hydroxyl groups is 1.